The Kier molecular flexibility index (Phi) is 6.96. The van der Waals surface area contributed by atoms with Crippen LogP contribution in [0.2, 0.25) is 0 Å². The monoisotopic (exact) mass is 406 g/mol. The molecule has 4 rings (SSSR count). The number of likely N-dealkylation sites (tertiary alicyclic amines) is 1. The van der Waals surface area contributed by atoms with Crippen molar-refractivity contribution in [1.29, 1.82) is 0 Å². The summed E-state index contributed by atoms with van der Waals surface area (Å²) in [6.45, 7) is 8.46. The summed E-state index contributed by atoms with van der Waals surface area (Å²) in [6, 6.07) is 8.52. The normalized spacial score (nSPS) is 25.8. The van der Waals surface area contributed by atoms with Gasteiger partial charge in [0, 0.05) is 64.0 Å². The topological polar surface area (TPSA) is 55.9 Å². The molecule has 0 bridgehead atoms. The van der Waals surface area contributed by atoms with Gasteiger partial charge in [-0.2, -0.15) is 0 Å². The Bertz CT molecular complexity index is 707. The van der Waals surface area contributed by atoms with Crippen LogP contribution < -0.4 is 10.2 Å². The van der Waals surface area contributed by atoms with Crippen molar-refractivity contribution in [2.75, 3.05) is 50.7 Å². The van der Waals surface area contributed by atoms with E-state index < -0.39 is 0 Å². The number of anilines is 1. The summed E-state index contributed by atoms with van der Waals surface area (Å²) in [7, 11) is 0. The van der Waals surface area contributed by atoms with Crippen molar-refractivity contribution in [3.8, 4) is 0 Å². The fourth-order valence-corrected chi connectivity index (χ4v) is 4.72. The standard InChI is InChI=1S/C21H30N4O2.ClH/c1-2-16-5-3-4-6-19(16)25-14-17(13-20(25)26)21(27)24-10-7-18(15-24)23-11-8-22-9-12-23;/h3-6,17-18,22H,2,7-15H2,1H3;1H. The van der Waals surface area contributed by atoms with E-state index in [4.69, 9.17) is 0 Å². The molecule has 154 valence electrons. The number of piperazine rings is 1. The number of halogens is 1. The highest BCUT2D eigenvalue weighted by Crippen LogP contribution is 2.30. The summed E-state index contributed by atoms with van der Waals surface area (Å²) in [5, 5.41) is 3.39. The lowest BCUT2D eigenvalue weighted by molar-refractivity contribution is -0.135. The van der Waals surface area contributed by atoms with Gasteiger partial charge in [0.05, 0.1) is 5.92 Å². The zero-order valence-corrected chi connectivity index (χ0v) is 17.4. The average molecular weight is 407 g/mol. The van der Waals surface area contributed by atoms with Gasteiger partial charge < -0.3 is 15.1 Å². The van der Waals surface area contributed by atoms with Gasteiger partial charge in [0.2, 0.25) is 11.8 Å². The van der Waals surface area contributed by atoms with Crippen molar-refractivity contribution >= 4 is 29.9 Å². The molecule has 0 radical (unpaired) electrons. The molecule has 0 saturated carbocycles. The molecule has 2 atom stereocenters. The van der Waals surface area contributed by atoms with Gasteiger partial charge in [-0.1, -0.05) is 25.1 Å². The van der Waals surface area contributed by atoms with E-state index >= 15 is 0 Å². The Morgan fingerprint density at radius 3 is 2.64 bits per heavy atom. The Morgan fingerprint density at radius 2 is 1.89 bits per heavy atom. The number of hydrogen-bond acceptors (Lipinski definition) is 4. The second-order valence-electron chi connectivity index (χ2n) is 7.90. The molecule has 3 fully saturated rings. The molecular formula is C21H31ClN4O2. The minimum atomic E-state index is -0.204. The van der Waals surface area contributed by atoms with Crippen LogP contribution in [0.3, 0.4) is 0 Å². The van der Waals surface area contributed by atoms with E-state index in [0.717, 1.165) is 57.8 Å². The van der Waals surface area contributed by atoms with Crippen LogP contribution in [0.25, 0.3) is 0 Å². The molecular weight excluding hydrogens is 376 g/mol. The molecule has 1 aromatic carbocycles. The van der Waals surface area contributed by atoms with Crippen LogP contribution in [0, 0.1) is 5.92 Å². The molecule has 1 aromatic rings. The molecule has 0 aliphatic carbocycles. The van der Waals surface area contributed by atoms with E-state index in [0.29, 0.717) is 19.0 Å². The van der Waals surface area contributed by atoms with Crippen molar-refractivity contribution in [2.24, 2.45) is 5.92 Å². The first-order chi connectivity index (χ1) is 13.2. The van der Waals surface area contributed by atoms with E-state index in [1.54, 1.807) is 0 Å². The summed E-state index contributed by atoms with van der Waals surface area (Å²) >= 11 is 0. The molecule has 0 aromatic heterocycles. The fourth-order valence-electron chi connectivity index (χ4n) is 4.72. The van der Waals surface area contributed by atoms with Crippen LogP contribution >= 0.6 is 12.4 Å². The highest BCUT2D eigenvalue weighted by molar-refractivity contribution is 6.00. The quantitative estimate of drug-likeness (QED) is 0.823. The Morgan fingerprint density at radius 1 is 1.14 bits per heavy atom. The summed E-state index contributed by atoms with van der Waals surface area (Å²) in [5.74, 6) is 0.0359. The van der Waals surface area contributed by atoms with Gasteiger partial charge in [-0.3, -0.25) is 14.5 Å². The third-order valence-electron chi connectivity index (χ3n) is 6.28. The van der Waals surface area contributed by atoms with Gasteiger partial charge in [0.15, 0.2) is 0 Å². The predicted octanol–water partition coefficient (Wildman–Crippen LogP) is 1.53. The minimum Gasteiger partial charge on any atom is -0.341 e. The number of carbonyl (C=O) groups excluding carboxylic acids is 2. The predicted molar refractivity (Wildman–Crippen MR) is 113 cm³/mol. The number of hydrogen-bond donors (Lipinski definition) is 1. The summed E-state index contributed by atoms with van der Waals surface area (Å²) in [5.41, 5.74) is 2.14. The van der Waals surface area contributed by atoms with E-state index in [1.807, 2.05) is 28.0 Å². The molecule has 1 N–H and O–H groups in total. The zero-order valence-electron chi connectivity index (χ0n) is 16.6. The van der Waals surface area contributed by atoms with Crippen LogP contribution in [0.15, 0.2) is 24.3 Å². The lowest BCUT2D eigenvalue weighted by atomic mass is 10.1. The maximum atomic E-state index is 13.1. The molecule has 0 spiro atoms. The third-order valence-corrected chi connectivity index (χ3v) is 6.28. The zero-order chi connectivity index (χ0) is 18.8. The first kappa shape index (κ1) is 21.1. The van der Waals surface area contributed by atoms with Gasteiger partial charge in [0.25, 0.3) is 0 Å². The summed E-state index contributed by atoms with van der Waals surface area (Å²) < 4.78 is 0. The molecule has 28 heavy (non-hydrogen) atoms. The molecule has 3 saturated heterocycles. The van der Waals surface area contributed by atoms with Crippen LogP contribution in [0.1, 0.15) is 25.3 Å². The maximum absolute atomic E-state index is 13.1. The van der Waals surface area contributed by atoms with E-state index in [9.17, 15) is 9.59 Å². The fraction of sp³-hybridized carbons (Fsp3) is 0.619. The van der Waals surface area contributed by atoms with Crippen molar-refractivity contribution < 1.29 is 9.59 Å². The van der Waals surface area contributed by atoms with Crippen molar-refractivity contribution in [2.45, 2.75) is 32.2 Å². The Hall–Kier alpha value is -1.63. The van der Waals surface area contributed by atoms with E-state index in [1.165, 1.54) is 5.56 Å². The third kappa shape index (κ3) is 4.19. The van der Waals surface area contributed by atoms with Crippen LogP contribution in [0.4, 0.5) is 5.69 Å². The minimum absolute atomic E-state index is 0. The van der Waals surface area contributed by atoms with Crippen molar-refractivity contribution in [3.63, 3.8) is 0 Å². The molecule has 3 aliphatic heterocycles. The highest BCUT2D eigenvalue weighted by atomic mass is 35.5. The number of para-hydroxylation sites is 1. The lowest BCUT2D eigenvalue weighted by Gasteiger charge is -2.32. The molecule has 7 heteroatoms. The lowest BCUT2D eigenvalue weighted by Crippen LogP contribution is -2.49. The van der Waals surface area contributed by atoms with Gasteiger partial charge in [0.1, 0.15) is 0 Å². The number of nitrogens with one attached hydrogen (secondary N) is 1. The second-order valence-corrected chi connectivity index (χ2v) is 7.90. The summed E-state index contributed by atoms with van der Waals surface area (Å²) in [6.07, 6.45) is 2.28. The Balaban J connectivity index is 0.00000225. The molecule has 3 aliphatic rings. The molecule has 2 amide bonds. The molecule has 2 unspecified atom stereocenters. The van der Waals surface area contributed by atoms with Crippen molar-refractivity contribution in [1.82, 2.24) is 15.1 Å². The van der Waals surface area contributed by atoms with E-state index in [2.05, 4.69) is 23.2 Å². The first-order valence-corrected chi connectivity index (χ1v) is 10.3. The van der Waals surface area contributed by atoms with Gasteiger partial charge in [-0.05, 0) is 24.5 Å². The second kappa shape index (κ2) is 9.25. The summed E-state index contributed by atoms with van der Waals surface area (Å²) in [4.78, 5) is 32.0. The number of benzene rings is 1. The number of amides is 2. The number of nitrogens with zero attached hydrogens (tertiary/aromatic N) is 3. The number of carbonyl (C=O) groups is 2. The SMILES string of the molecule is CCc1ccccc1N1CC(C(=O)N2CCC(N3CCNCC3)C2)CC1=O.Cl. The van der Waals surface area contributed by atoms with Crippen molar-refractivity contribution in [3.05, 3.63) is 29.8 Å². The van der Waals surface area contributed by atoms with Gasteiger partial charge in [-0.25, -0.2) is 0 Å². The highest BCUT2D eigenvalue weighted by Gasteiger charge is 2.40. The van der Waals surface area contributed by atoms with Gasteiger partial charge in [-0.15, -0.1) is 12.4 Å². The molecule has 6 nitrogen and oxygen atoms in total. The van der Waals surface area contributed by atoms with Crippen LogP contribution in [0.5, 0.6) is 0 Å². The maximum Gasteiger partial charge on any atom is 0.228 e. The Labute approximate surface area is 173 Å². The first-order valence-electron chi connectivity index (χ1n) is 10.3. The number of aryl methyl sites for hydroxylation is 1. The van der Waals surface area contributed by atoms with Crippen LogP contribution in [-0.4, -0.2) is 73.5 Å². The largest absolute Gasteiger partial charge is 0.341 e. The van der Waals surface area contributed by atoms with Crippen LogP contribution in [-0.2, 0) is 16.0 Å². The molecule has 3 heterocycles. The average Bonchev–Trinajstić information content (AvgIpc) is 3.35. The van der Waals surface area contributed by atoms with E-state index in [-0.39, 0.29) is 30.1 Å². The smallest absolute Gasteiger partial charge is 0.228 e. The van der Waals surface area contributed by atoms with Gasteiger partial charge >= 0.3 is 0 Å². The number of rotatable bonds is 4.